The fraction of sp³-hybridized carbons (Fsp3) is 0.800. The molecule has 0 spiro atoms. The maximum Gasteiger partial charge on any atom is 0.409 e. The van der Waals surface area contributed by atoms with Crippen molar-refractivity contribution >= 4 is 17.9 Å². The molecule has 0 aliphatic carbocycles. The van der Waals surface area contributed by atoms with Crippen LogP contribution in [-0.2, 0) is 14.3 Å². The molecule has 3 saturated heterocycles. The first-order valence-corrected chi connectivity index (χ1v) is 8.33. The second-order valence-corrected chi connectivity index (χ2v) is 6.23. The number of rotatable bonds is 2. The molecule has 1 N–H and O–H groups in total. The second-order valence-electron chi connectivity index (χ2n) is 6.23. The van der Waals surface area contributed by atoms with Crippen LogP contribution in [-0.4, -0.2) is 90.6 Å². The van der Waals surface area contributed by atoms with Gasteiger partial charge in [0.2, 0.25) is 11.8 Å². The SMILES string of the molecule is CCOC(=O)N1CCC(N2CCN3C(=O)CNC(=O)C3C2)CC1. The maximum absolute atomic E-state index is 12.0. The van der Waals surface area contributed by atoms with Crippen LogP contribution in [0.3, 0.4) is 0 Å². The Morgan fingerprint density at radius 2 is 1.96 bits per heavy atom. The van der Waals surface area contributed by atoms with Crippen LogP contribution >= 0.6 is 0 Å². The zero-order valence-corrected chi connectivity index (χ0v) is 13.5. The van der Waals surface area contributed by atoms with Gasteiger partial charge >= 0.3 is 6.09 Å². The number of nitrogens with one attached hydrogen (secondary N) is 1. The van der Waals surface area contributed by atoms with Crippen LogP contribution < -0.4 is 5.32 Å². The normalized spacial score (nSPS) is 26.7. The third kappa shape index (κ3) is 3.26. The molecule has 0 aromatic carbocycles. The maximum atomic E-state index is 12.0. The Balaban J connectivity index is 1.54. The molecule has 8 nitrogen and oxygen atoms in total. The van der Waals surface area contributed by atoms with Crippen molar-refractivity contribution < 1.29 is 19.1 Å². The van der Waals surface area contributed by atoms with Crippen molar-refractivity contribution in [3.8, 4) is 0 Å². The lowest BCUT2D eigenvalue weighted by Gasteiger charge is -2.47. The number of nitrogens with zero attached hydrogens (tertiary/aromatic N) is 3. The number of piperazine rings is 2. The van der Waals surface area contributed by atoms with Gasteiger partial charge in [0.15, 0.2) is 0 Å². The van der Waals surface area contributed by atoms with Crippen molar-refractivity contribution in [1.29, 1.82) is 0 Å². The summed E-state index contributed by atoms with van der Waals surface area (Å²) in [7, 11) is 0. The summed E-state index contributed by atoms with van der Waals surface area (Å²) in [6.07, 6.45) is 1.51. The molecule has 0 bridgehead atoms. The highest BCUT2D eigenvalue weighted by atomic mass is 16.6. The number of carbonyl (C=O) groups is 3. The summed E-state index contributed by atoms with van der Waals surface area (Å²) in [4.78, 5) is 41.4. The van der Waals surface area contributed by atoms with E-state index < -0.39 is 0 Å². The largest absolute Gasteiger partial charge is 0.450 e. The van der Waals surface area contributed by atoms with Crippen LogP contribution in [0.25, 0.3) is 0 Å². The molecule has 3 aliphatic rings. The van der Waals surface area contributed by atoms with E-state index in [0.717, 1.165) is 19.4 Å². The minimum atomic E-state index is -0.368. The lowest BCUT2D eigenvalue weighted by molar-refractivity contribution is -0.150. The van der Waals surface area contributed by atoms with Crippen molar-refractivity contribution in [2.75, 3.05) is 45.9 Å². The van der Waals surface area contributed by atoms with Gasteiger partial charge in [0.25, 0.3) is 0 Å². The molecule has 3 heterocycles. The molecule has 0 aromatic rings. The summed E-state index contributed by atoms with van der Waals surface area (Å²) < 4.78 is 5.03. The lowest BCUT2D eigenvalue weighted by Crippen LogP contribution is -2.67. The minimum absolute atomic E-state index is 0.00591. The van der Waals surface area contributed by atoms with Crippen LogP contribution in [0.15, 0.2) is 0 Å². The fourth-order valence-corrected chi connectivity index (χ4v) is 3.67. The molecule has 128 valence electrons. The molecular weight excluding hydrogens is 300 g/mol. The van der Waals surface area contributed by atoms with E-state index in [-0.39, 0.29) is 30.5 Å². The molecule has 3 rings (SSSR count). The highest BCUT2D eigenvalue weighted by Gasteiger charge is 2.40. The molecule has 3 fully saturated rings. The monoisotopic (exact) mass is 324 g/mol. The van der Waals surface area contributed by atoms with E-state index >= 15 is 0 Å². The number of piperidine rings is 1. The number of likely N-dealkylation sites (tertiary alicyclic amines) is 1. The number of ether oxygens (including phenoxy) is 1. The van der Waals surface area contributed by atoms with Crippen molar-refractivity contribution in [2.45, 2.75) is 31.8 Å². The van der Waals surface area contributed by atoms with E-state index in [1.54, 1.807) is 16.7 Å². The number of amides is 3. The van der Waals surface area contributed by atoms with Gasteiger partial charge in [-0.25, -0.2) is 4.79 Å². The highest BCUT2D eigenvalue weighted by molar-refractivity contribution is 5.95. The highest BCUT2D eigenvalue weighted by Crippen LogP contribution is 2.22. The Kier molecular flexibility index (Phi) is 4.70. The average molecular weight is 324 g/mol. The van der Waals surface area contributed by atoms with Gasteiger partial charge in [0.05, 0.1) is 13.2 Å². The van der Waals surface area contributed by atoms with Gasteiger partial charge in [-0.2, -0.15) is 0 Å². The molecule has 1 unspecified atom stereocenters. The van der Waals surface area contributed by atoms with Crippen molar-refractivity contribution in [3.63, 3.8) is 0 Å². The standard InChI is InChI=1S/C15H24N4O4/c1-2-23-15(22)17-5-3-11(4-6-17)18-7-8-19-12(10-18)14(21)16-9-13(19)20/h11-12H,2-10H2,1H3,(H,16,21). The van der Waals surface area contributed by atoms with Crippen LogP contribution in [0.4, 0.5) is 4.79 Å². The first-order valence-electron chi connectivity index (χ1n) is 8.33. The molecule has 0 saturated carbocycles. The second kappa shape index (κ2) is 6.74. The Morgan fingerprint density at radius 1 is 1.22 bits per heavy atom. The summed E-state index contributed by atoms with van der Waals surface area (Å²) in [5, 5.41) is 2.66. The number of fused-ring (bicyclic) bond motifs is 1. The summed E-state index contributed by atoms with van der Waals surface area (Å²) in [6.45, 7) is 5.66. The Labute approximate surface area is 135 Å². The number of hydrogen-bond donors (Lipinski definition) is 1. The molecule has 3 amide bonds. The Hall–Kier alpha value is -1.83. The number of hydrogen-bond acceptors (Lipinski definition) is 5. The van der Waals surface area contributed by atoms with E-state index in [4.69, 9.17) is 4.74 Å². The van der Waals surface area contributed by atoms with Crippen LogP contribution in [0, 0.1) is 0 Å². The molecular formula is C15H24N4O4. The predicted molar refractivity (Wildman–Crippen MR) is 81.7 cm³/mol. The van der Waals surface area contributed by atoms with E-state index in [0.29, 0.717) is 38.8 Å². The van der Waals surface area contributed by atoms with E-state index in [2.05, 4.69) is 10.2 Å². The Morgan fingerprint density at radius 3 is 2.65 bits per heavy atom. The van der Waals surface area contributed by atoms with Gasteiger partial charge in [0, 0.05) is 38.8 Å². The molecule has 0 aromatic heterocycles. The molecule has 0 radical (unpaired) electrons. The summed E-state index contributed by atoms with van der Waals surface area (Å²) in [6, 6.07) is -0.0132. The number of carbonyl (C=O) groups excluding carboxylic acids is 3. The van der Waals surface area contributed by atoms with Crippen LogP contribution in [0.5, 0.6) is 0 Å². The topological polar surface area (TPSA) is 82.2 Å². The molecule has 3 aliphatic heterocycles. The van der Waals surface area contributed by atoms with Gasteiger partial charge in [-0.15, -0.1) is 0 Å². The zero-order chi connectivity index (χ0) is 16.4. The minimum Gasteiger partial charge on any atom is -0.450 e. The average Bonchev–Trinajstić information content (AvgIpc) is 2.58. The van der Waals surface area contributed by atoms with Gasteiger partial charge in [-0.05, 0) is 19.8 Å². The predicted octanol–water partition coefficient (Wildman–Crippen LogP) is -0.750. The third-order valence-electron chi connectivity index (χ3n) is 4.96. The third-order valence-corrected chi connectivity index (χ3v) is 4.96. The van der Waals surface area contributed by atoms with E-state index in [9.17, 15) is 14.4 Å². The van der Waals surface area contributed by atoms with Gasteiger partial charge in [-0.1, -0.05) is 0 Å². The summed E-state index contributed by atoms with van der Waals surface area (Å²) in [5.41, 5.74) is 0. The van der Waals surface area contributed by atoms with Crippen molar-refractivity contribution in [1.82, 2.24) is 20.0 Å². The smallest absolute Gasteiger partial charge is 0.409 e. The first-order chi connectivity index (χ1) is 11.1. The molecule has 1 atom stereocenters. The lowest BCUT2D eigenvalue weighted by atomic mass is 10.00. The quantitative estimate of drug-likeness (QED) is 0.723. The summed E-state index contributed by atoms with van der Waals surface area (Å²) in [5.74, 6) is -0.0513. The van der Waals surface area contributed by atoms with E-state index in [1.165, 1.54) is 0 Å². The zero-order valence-electron chi connectivity index (χ0n) is 13.5. The van der Waals surface area contributed by atoms with Crippen molar-refractivity contribution in [3.05, 3.63) is 0 Å². The first kappa shape index (κ1) is 16.0. The van der Waals surface area contributed by atoms with Crippen molar-refractivity contribution in [2.24, 2.45) is 0 Å². The van der Waals surface area contributed by atoms with Gasteiger partial charge in [-0.3, -0.25) is 14.5 Å². The van der Waals surface area contributed by atoms with Gasteiger partial charge < -0.3 is 19.9 Å². The van der Waals surface area contributed by atoms with Gasteiger partial charge in [0.1, 0.15) is 6.04 Å². The van der Waals surface area contributed by atoms with Crippen LogP contribution in [0.2, 0.25) is 0 Å². The van der Waals surface area contributed by atoms with Crippen LogP contribution in [0.1, 0.15) is 19.8 Å². The molecule has 23 heavy (non-hydrogen) atoms. The van der Waals surface area contributed by atoms with E-state index in [1.807, 2.05) is 0 Å². The summed E-state index contributed by atoms with van der Waals surface area (Å²) >= 11 is 0. The molecule has 8 heteroatoms. The fourth-order valence-electron chi connectivity index (χ4n) is 3.67. The Bertz CT molecular complexity index is 490.